The maximum atomic E-state index is 5.56. The van der Waals surface area contributed by atoms with Crippen LogP contribution in [0.5, 0.6) is 11.5 Å². The summed E-state index contributed by atoms with van der Waals surface area (Å²) >= 11 is 0. The Morgan fingerprint density at radius 3 is 2.42 bits per heavy atom. The Morgan fingerprint density at radius 1 is 1.06 bits per heavy atom. The molecule has 0 aliphatic carbocycles. The molecule has 1 fully saturated rings. The van der Waals surface area contributed by atoms with Gasteiger partial charge in [0.1, 0.15) is 11.5 Å². The number of nitrogens with zero attached hydrogens (tertiary/aromatic N) is 2. The van der Waals surface area contributed by atoms with E-state index in [0.29, 0.717) is 0 Å². The van der Waals surface area contributed by atoms with E-state index in [9.17, 15) is 0 Å². The highest BCUT2D eigenvalue weighted by Crippen LogP contribution is 2.24. The summed E-state index contributed by atoms with van der Waals surface area (Å²) in [6.45, 7) is 6.97. The zero-order valence-corrected chi connectivity index (χ0v) is 22.4. The number of aryl methyl sites for hydroxylation is 1. The lowest BCUT2D eigenvalue weighted by atomic mass is 10.0. The van der Waals surface area contributed by atoms with Gasteiger partial charge in [0, 0.05) is 33.2 Å². The Kier molecular flexibility index (Phi) is 11.8. The maximum absolute atomic E-state index is 5.56. The zero-order valence-electron chi connectivity index (χ0n) is 20.1. The first-order valence-electron chi connectivity index (χ1n) is 11.2. The van der Waals surface area contributed by atoms with Crippen molar-refractivity contribution in [2.24, 2.45) is 4.99 Å². The van der Waals surface area contributed by atoms with Crippen molar-refractivity contribution in [1.29, 1.82) is 0 Å². The third-order valence-corrected chi connectivity index (χ3v) is 5.80. The topological polar surface area (TPSA) is 67.4 Å². The second kappa shape index (κ2) is 14.3. The van der Waals surface area contributed by atoms with Crippen LogP contribution in [-0.2, 0) is 11.2 Å². The lowest BCUT2D eigenvalue weighted by Crippen LogP contribution is -2.46. The fraction of sp³-hybridized carbons (Fsp3) is 0.480. The first-order valence-corrected chi connectivity index (χ1v) is 11.2. The standard InChI is InChI=1S/C25H36N4O3.HI/c1-19-5-10-24(31-4)21(17-19)11-12-27-25(26-2)28-18-23(29-13-15-32-16-14-29)20-6-8-22(30-3)9-7-20;/h5-10,17,23H,11-16,18H2,1-4H3,(H2,26,27,28);1H. The molecule has 182 valence electrons. The predicted molar refractivity (Wildman–Crippen MR) is 144 cm³/mol. The highest BCUT2D eigenvalue weighted by atomic mass is 127. The summed E-state index contributed by atoms with van der Waals surface area (Å²) in [4.78, 5) is 6.88. The number of rotatable bonds is 9. The smallest absolute Gasteiger partial charge is 0.191 e. The van der Waals surface area contributed by atoms with E-state index in [0.717, 1.165) is 63.3 Å². The van der Waals surface area contributed by atoms with Crippen LogP contribution in [0.3, 0.4) is 0 Å². The highest BCUT2D eigenvalue weighted by molar-refractivity contribution is 14.0. The molecule has 2 aromatic carbocycles. The van der Waals surface area contributed by atoms with Gasteiger partial charge in [-0.3, -0.25) is 9.89 Å². The molecule has 0 amide bonds. The Hall–Kier alpha value is -2.04. The molecule has 0 bridgehead atoms. The van der Waals surface area contributed by atoms with Gasteiger partial charge >= 0.3 is 0 Å². The number of morpholine rings is 1. The minimum Gasteiger partial charge on any atom is -0.497 e. The van der Waals surface area contributed by atoms with Crippen LogP contribution in [0, 0.1) is 6.92 Å². The molecule has 8 heteroatoms. The fourth-order valence-corrected chi connectivity index (χ4v) is 4.01. The number of benzene rings is 2. The lowest BCUT2D eigenvalue weighted by Gasteiger charge is -2.35. The minimum absolute atomic E-state index is 0. The first-order chi connectivity index (χ1) is 15.6. The van der Waals surface area contributed by atoms with Gasteiger partial charge in [-0.25, -0.2) is 0 Å². The van der Waals surface area contributed by atoms with Crippen molar-refractivity contribution < 1.29 is 14.2 Å². The molecule has 1 saturated heterocycles. The lowest BCUT2D eigenvalue weighted by molar-refractivity contribution is 0.0170. The van der Waals surface area contributed by atoms with Crippen molar-refractivity contribution in [2.75, 3.05) is 60.7 Å². The van der Waals surface area contributed by atoms with Crippen LogP contribution in [-0.4, -0.2) is 71.5 Å². The van der Waals surface area contributed by atoms with Crippen LogP contribution in [0.25, 0.3) is 0 Å². The minimum atomic E-state index is 0. The van der Waals surface area contributed by atoms with E-state index in [1.54, 1.807) is 21.3 Å². The van der Waals surface area contributed by atoms with Gasteiger partial charge in [-0.05, 0) is 42.7 Å². The van der Waals surface area contributed by atoms with Gasteiger partial charge in [-0.2, -0.15) is 0 Å². The monoisotopic (exact) mass is 568 g/mol. The summed E-state index contributed by atoms with van der Waals surface area (Å²) in [7, 11) is 5.21. The number of hydrogen-bond acceptors (Lipinski definition) is 5. The predicted octanol–water partition coefficient (Wildman–Crippen LogP) is 3.41. The average molecular weight is 569 g/mol. The molecule has 7 nitrogen and oxygen atoms in total. The number of halogens is 1. The molecular weight excluding hydrogens is 531 g/mol. The number of guanidine groups is 1. The van der Waals surface area contributed by atoms with Crippen molar-refractivity contribution in [2.45, 2.75) is 19.4 Å². The van der Waals surface area contributed by atoms with Crippen molar-refractivity contribution in [3.8, 4) is 11.5 Å². The molecule has 0 spiro atoms. The molecule has 33 heavy (non-hydrogen) atoms. The number of nitrogens with one attached hydrogen (secondary N) is 2. The van der Waals surface area contributed by atoms with Gasteiger partial charge in [0.15, 0.2) is 5.96 Å². The summed E-state index contributed by atoms with van der Waals surface area (Å²) in [5, 5.41) is 6.95. The second-order valence-electron chi connectivity index (χ2n) is 7.88. The molecule has 0 saturated carbocycles. The van der Waals surface area contributed by atoms with Crippen molar-refractivity contribution in [3.63, 3.8) is 0 Å². The summed E-state index contributed by atoms with van der Waals surface area (Å²) in [5.74, 6) is 2.59. The van der Waals surface area contributed by atoms with Crippen LogP contribution >= 0.6 is 24.0 Å². The average Bonchev–Trinajstić information content (AvgIpc) is 2.84. The van der Waals surface area contributed by atoms with E-state index in [-0.39, 0.29) is 30.0 Å². The number of methoxy groups -OCH3 is 2. The highest BCUT2D eigenvalue weighted by Gasteiger charge is 2.23. The van der Waals surface area contributed by atoms with Crippen LogP contribution in [0.4, 0.5) is 0 Å². The Bertz CT molecular complexity index is 870. The zero-order chi connectivity index (χ0) is 22.8. The van der Waals surface area contributed by atoms with Crippen molar-refractivity contribution in [3.05, 3.63) is 59.2 Å². The van der Waals surface area contributed by atoms with E-state index < -0.39 is 0 Å². The van der Waals surface area contributed by atoms with Crippen LogP contribution in [0.2, 0.25) is 0 Å². The largest absolute Gasteiger partial charge is 0.497 e. The summed E-state index contributed by atoms with van der Waals surface area (Å²) < 4.78 is 16.4. The molecule has 1 aliphatic rings. The molecule has 2 aromatic rings. The summed E-state index contributed by atoms with van der Waals surface area (Å²) in [6, 6.07) is 14.8. The molecular formula is C25H37IN4O3. The van der Waals surface area contributed by atoms with E-state index in [2.05, 4.69) is 51.7 Å². The molecule has 1 aliphatic heterocycles. The first kappa shape index (κ1) is 27.2. The Morgan fingerprint density at radius 2 is 1.79 bits per heavy atom. The molecule has 1 unspecified atom stereocenters. The number of aliphatic imine (C=N–C) groups is 1. The summed E-state index contributed by atoms with van der Waals surface area (Å²) in [5.41, 5.74) is 3.68. The van der Waals surface area contributed by atoms with E-state index >= 15 is 0 Å². The Labute approximate surface area is 214 Å². The van der Waals surface area contributed by atoms with Gasteiger partial charge in [-0.15, -0.1) is 24.0 Å². The van der Waals surface area contributed by atoms with Gasteiger partial charge in [-0.1, -0.05) is 29.8 Å². The molecule has 0 radical (unpaired) electrons. The van der Waals surface area contributed by atoms with Gasteiger partial charge in [0.25, 0.3) is 0 Å². The second-order valence-corrected chi connectivity index (χ2v) is 7.88. The van der Waals surface area contributed by atoms with Crippen molar-refractivity contribution in [1.82, 2.24) is 15.5 Å². The quantitative estimate of drug-likeness (QED) is 0.275. The van der Waals surface area contributed by atoms with Crippen LogP contribution < -0.4 is 20.1 Å². The van der Waals surface area contributed by atoms with E-state index in [1.807, 2.05) is 18.2 Å². The third-order valence-electron chi connectivity index (χ3n) is 5.80. The summed E-state index contributed by atoms with van der Waals surface area (Å²) in [6.07, 6.45) is 0.858. The molecule has 1 atom stereocenters. The van der Waals surface area contributed by atoms with Crippen LogP contribution in [0.1, 0.15) is 22.7 Å². The number of ether oxygens (including phenoxy) is 3. The third kappa shape index (κ3) is 8.04. The molecule has 0 aromatic heterocycles. The van der Waals surface area contributed by atoms with Gasteiger partial charge < -0.3 is 24.8 Å². The fourth-order valence-electron chi connectivity index (χ4n) is 4.01. The Balaban J connectivity index is 0.00000385. The van der Waals surface area contributed by atoms with E-state index in [4.69, 9.17) is 14.2 Å². The van der Waals surface area contributed by atoms with Crippen molar-refractivity contribution >= 4 is 29.9 Å². The van der Waals surface area contributed by atoms with Gasteiger partial charge in [0.2, 0.25) is 0 Å². The maximum Gasteiger partial charge on any atom is 0.191 e. The van der Waals surface area contributed by atoms with E-state index in [1.165, 1.54) is 16.7 Å². The molecule has 1 heterocycles. The molecule has 2 N–H and O–H groups in total. The number of hydrogen-bond donors (Lipinski definition) is 2. The normalized spacial score (nSPS) is 15.3. The SMILES string of the molecule is CN=C(NCCc1cc(C)ccc1OC)NCC(c1ccc(OC)cc1)N1CCOCC1.I. The van der Waals surface area contributed by atoms with Gasteiger partial charge in [0.05, 0.1) is 33.5 Å². The molecule has 3 rings (SSSR count). The van der Waals surface area contributed by atoms with Crippen LogP contribution in [0.15, 0.2) is 47.5 Å².